The zero-order valence-electron chi connectivity index (χ0n) is 17.2. The highest BCUT2D eigenvalue weighted by molar-refractivity contribution is 6.12. The van der Waals surface area contributed by atoms with Crippen molar-refractivity contribution >= 4 is 23.8 Å². The summed E-state index contributed by atoms with van der Waals surface area (Å²) in [4.78, 5) is 52.3. The predicted molar refractivity (Wildman–Crippen MR) is 106 cm³/mol. The average Bonchev–Trinajstić information content (AvgIpc) is 2.62. The van der Waals surface area contributed by atoms with E-state index in [4.69, 9.17) is 4.74 Å². The summed E-state index contributed by atoms with van der Waals surface area (Å²) < 4.78 is 5.21. The van der Waals surface area contributed by atoms with Gasteiger partial charge in [0.25, 0.3) is 5.91 Å². The molecular formula is C22H28N2O5. The van der Waals surface area contributed by atoms with Crippen LogP contribution in [0.3, 0.4) is 0 Å². The molecule has 7 nitrogen and oxygen atoms in total. The fraction of sp³-hybridized carbons (Fsp3) is 0.545. The molecule has 29 heavy (non-hydrogen) atoms. The first-order chi connectivity index (χ1) is 13.7. The van der Waals surface area contributed by atoms with Crippen LogP contribution < -0.4 is 0 Å². The molecule has 0 saturated carbocycles. The molecule has 0 aliphatic carbocycles. The third-order valence-corrected chi connectivity index (χ3v) is 5.27. The maximum Gasteiger partial charge on any atom is 0.424 e. The van der Waals surface area contributed by atoms with Gasteiger partial charge in [-0.2, -0.15) is 4.90 Å². The standard InChI is InChI=1S/C22H28N2O5/c1-22(2,3)29-21(28)24-18(25)10-9-17(20(24)27)23-12-11-16(14-19(23)26)13-15-7-5-4-6-8-15/h4-8,16-17H,9-14H2,1-3H3. The van der Waals surface area contributed by atoms with Gasteiger partial charge in [0.1, 0.15) is 11.6 Å². The van der Waals surface area contributed by atoms with Gasteiger partial charge in [-0.25, -0.2) is 4.79 Å². The molecule has 1 aromatic carbocycles. The van der Waals surface area contributed by atoms with Gasteiger partial charge < -0.3 is 9.64 Å². The first-order valence-electron chi connectivity index (χ1n) is 10.1. The second-order valence-corrected chi connectivity index (χ2v) is 8.74. The molecule has 4 amide bonds. The summed E-state index contributed by atoms with van der Waals surface area (Å²) in [5.41, 5.74) is 0.366. The highest BCUT2D eigenvalue weighted by Gasteiger charge is 2.45. The minimum atomic E-state index is -0.969. The Kier molecular flexibility index (Phi) is 6.05. The molecule has 2 fully saturated rings. The topological polar surface area (TPSA) is 84.0 Å². The quantitative estimate of drug-likeness (QED) is 0.729. The second-order valence-electron chi connectivity index (χ2n) is 8.74. The van der Waals surface area contributed by atoms with Crippen LogP contribution in [0, 0.1) is 5.92 Å². The Hall–Kier alpha value is -2.70. The van der Waals surface area contributed by atoms with Crippen molar-refractivity contribution in [2.45, 2.75) is 64.5 Å². The summed E-state index contributed by atoms with van der Waals surface area (Å²) in [5.74, 6) is -1.12. The van der Waals surface area contributed by atoms with Crippen LogP contribution in [0.5, 0.6) is 0 Å². The van der Waals surface area contributed by atoms with Crippen molar-refractivity contribution in [1.29, 1.82) is 0 Å². The summed E-state index contributed by atoms with van der Waals surface area (Å²) in [6.45, 7) is 5.45. The second kappa shape index (κ2) is 8.35. The van der Waals surface area contributed by atoms with Crippen LogP contribution in [0.25, 0.3) is 0 Å². The molecule has 7 heteroatoms. The fourth-order valence-electron chi connectivity index (χ4n) is 3.92. The minimum Gasteiger partial charge on any atom is -0.443 e. The minimum absolute atomic E-state index is 0.0346. The fourth-order valence-corrected chi connectivity index (χ4v) is 3.92. The Morgan fingerprint density at radius 3 is 2.38 bits per heavy atom. The number of hydrogen-bond donors (Lipinski definition) is 0. The lowest BCUT2D eigenvalue weighted by atomic mass is 9.88. The largest absolute Gasteiger partial charge is 0.443 e. The van der Waals surface area contributed by atoms with Crippen molar-refractivity contribution in [3.05, 3.63) is 35.9 Å². The third kappa shape index (κ3) is 5.02. The zero-order valence-corrected chi connectivity index (χ0v) is 17.2. The van der Waals surface area contributed by atoms with E-state index in [1.54, 1.807) is 20.8 Å². The average molecular weight is 400 g/mol. The number of nitrogens with zero attached hydrogens (tertiary/aromatic N) is 2. The number of imide groups is 3. The molecule has 0 spiro atoms. The lowest BCUT2D eigenvalue weighted by Crippen LogP contribution is -2.59. The van der Waals surface area contributed by atoms with Gasteiger partial charge in [-0.15, -0.1) is 0 Å². The van der Waals surface area contributed by atoms with E-state index in [1.165, 1.54) is 10.5 Å². The molecule has 0 aromatic heterocycles. The molecule has 3 rings (SSSR count). The summed E-state index contributed by atoms with van der Waals surface area (Å²) in [7, 11) is 0. The van der Waals surface area contributed by atoms with E-state index >= 15 is 0 Å². The van der Waals surface area contributed by atoms with E-state index in [1.807, 2.05) is 30.3 Å². The number of likely N-dealkylation sites (tertiary alicyclic amines) is 2. The van der Waals surface area contributed by atoms with Gasteiger partial charge >= 0.3 is 6.09 Å². The van der Waals surface area contributed by atoms with Gasteiger partial charge in [-0.3, -0.25) is 14.4 Å². The van der Waals surface area contributed by atoms with Gasteiger partial charge in [-0.1, -0.05) is 30.3 Å². The van der Waals surface area contributed by atoms with Gasteiger partial charge in [0.2, 0.25) is 11.8 Å². The lowest BCUT2D eigenvalue weighted by Gasteiger charge is -2.40. The number of rotatable bonds is 3. The molecule has 0 bridgehead atoms. The Labute approximate surface area is 171 Å². The Morgan fingerprint density at radius 1 is 1.07 bits per heavy atom. The molecular weight excluding hydrogens is 372 g/mol. The van der Waals surface area contributed by atoms with Gasteiger partial charge in [0, 0.05) is 19.4 Å². The molecule has 2 atom stereocenters. The molecule has 2 saturated heterocycles. The Bertz CT molecular complexity index is 799. The first kappa shape index (κ1) is 21.0. The normalized spacial score (nSPS) is 23.3. The number of carbonyl (C=O) groups excluding carboxylic acids is 4. The summed E-state index contributed by atoms with van der Waals surface area (Å²) in [6.07, 6.45) is 1.27. The number of piperidine rings is 2. The van der Waals surface area contributed by atoms with Crippen LogP contribution in [0.4, 0.5) is 4.79 Å². The maximum absolute atomic E-state index is 12.9. The Balaban J connectivity index is 1.66. The van der Waals surface area contributed by atoms with E-state index in [0.717, 1.165) is 12.8 Å². The van der Waals surface area contributed by atoms with E-state index in [-0.39, 0.29) is 24.7 Å². The van der Waals surface area contributed by atoms with E-state index in [2.05, 4.69) is 0 Å². The SMILES string of the molecule is CC(C)(C)OC(=O)N1C(=O)CCC(N2CCC(Cc3ccccc3)CC2=O)C1=O. The van der Waals surface area contributed by atoms with Gasteiger partial charge in [0.15, 0.2) is 0 Å². The number of hydrogen-bond acceptors (Lipinski definition) is 5. The molecule has 2 aliphatic heterocycles. The number of amides is 4. The van der Waals surface area contributed by atoms with Crippen LogP contribution in [0.1, 0.15) is 52.0 Å². The summed E-state index contributed by atoms with van der Waals surface area (Å²) in [6, 6.07) is 9.23. The molecule has 0 N–H and O–H groups in total. The van der Waals surface area contributed by atoms with Crippen LogP contribution in [-0.2, 0) is 25.5 Å². The molecule has 2 aliphatic rings. The summed E-state index contributed by atoms with van der Waals surface area (Å²) >= 11 is 0. The van der Waals surface area contributed by atoms with Crippen molar-refractivity contribution < 1.29 is 23.9 Å². The molecule has 1 aromatic rings. The molecule has 2 heterocycles. The lowest BCUT2D eigenvalue weighted by molar-refractivity contribution is -0.157. The van der Waals surface area contributed by atoms with Crippen molar-refractivity contribution in [2.75, 3.05) is 6.54 Å². The zero-order chi connectivity index (χ0) is 21.2. The van der Waals surface area contributed by atoms with E-state index in [9.17, 15) is 19.2 Å². The highest BCUT2D eigenvalue weighted by atomic mass is 16.6. The van der Waals surface area contributed by atoms with Crippen molar-refractivity contribution in [2.24, 2.45) is 5.92 Å². The van der Waals surface area contributed by atoms with Crippen molar-refractivity contribution in [1.82, 2.24) is 9.80 Å². The van der Waals surface area contributed by atoms with Gasteiger partial charge in [0.05, 0.1) is 0 Å². The molecule has 2 unspecified atom stereocenters. The van der Waals surface area contributed by atoms with E-state index < -0.39 is 29.6 Å². The summed E-state index contributed by atoms with van der Waals surface area (Å²) in [5, 5.41) is 0. The van der Waals surface area contributed by atoms with Crippen LogP contribution >= 0.6 is 0 Å². The smallest absolute Gasteiger partial charge is 0.424 e. The highest BCUT2D eigenvalue weighted by Crippen LogP contribution is 2.28. The van der Waals surface area contributed by atoms with Crippen LogP contribution in [0.15, 0.2) is 30.3 Å². The number of benzene rings is 1. The predicted octanol–water partition coefficient (Wildman–Crippen LogP) is 2.92. The van der Waals surface area contributed by atoms with E-state index in [0.29, 0.717) is 17.9 Å². The monoisotopic (exact) mass is 400 g/mol. The van der Waals surface area contributed by atoms with Crippen LogP contribution in [-0.4, -0.2) is 51.8 Å². The maximum atomic E-state index is 12.9. The third-order valence-electron chi connectivity index (χ3n) is 5.27. The van der Waals surface area contributed by atoms with Crippen molar-refractivity contribution in [3.63, 3.8) is 0 Å². The Morgan fingerprint density at radius 2 is 1.76 bits per heavy atom. The number of carbonyl (C=O) groups is 4. The first-order valence-corrected chi connectivity index (χ1v) is 10.1. The number of ether oxygens (including phenoxy) is 1. The molecule has 156 valence electrons. The van der Waals surface area contributed by atoms with Gasteiger partial charge in [-0.05, 0) is 51.5 Å². The van der Waals surface area contributed by atoms with Crippen LogP contribution in [0.2, 0.25) is 0 Å². The molecule has 0 radical (unpaired) electrons. The van der Waals surface area contributed by atoms with Crippen molar-refractivity contribution in [3.8, 4) is 0 Å².